The lowest BCUT2D eigenvalue weighted by molar-refractivity contribution is -0.218. The molecule has 194 valence electrons. The standard InChI is InChI=1S/C22H21F6N4O3P/c23-21(24,25)14-7-12(8-15(9-14)22(26,27)28)11-35-19-18(13-1-3-16(36)4-2-13)32(5-6-34-19)10-17-29-20(33)31-30-17/h1-4,7-9,18-19H,5-6,10-11,36H2,(H2,29,30,31,33)/t18-,19+/m0/s1. The van der Waals surface area contributed by atoms with E-state index in [4.69, 9.17) is 9.47 Å². The molecule has 0 amide bonds. The van der Waals surface area contributed by atoms with Crippen LogP contribution in [-0.4, -0.2) is 39.5 Å². The van der Waals surface area contributed by atoms with Gasteiger partial charge in [0.2, 0.25) is 0 Å². The molecular formula is C22H21F6N4O3P. The average Bonchev–Trinajstić information content (AvgIpc) is 3.21. The third kappa shape index (κ3) is 6.33. The zero-order valence-corrected chi connectivity index (χ0v) is 19.6. The first-order chi connectivity index (χ1) is 16.9. The van der Waals surface area contributed by atoms with Gasteiger partial charge in [-0.3, -0.25) is 9.88 Å². The lowest BCUT2D eigenvalue weighted by Crippen LogP contribution is -2.46. The average molecular weight is 534 g/mol. The highest BCUT2D eigenvalue weighted by Crippen LogP contribution is 2.37. The van der Waals surface area contributed by atoms with Crippen molar-refractivity contribution in [2.24, 2.45) is 0 Å². The summed E-state index contributed by atoms with van der Waals surface area (Å²) < 4.78 is 90.9. The van der Waals surface area contributed by atoms with Gasteiger partial charge in [-0.2, -0.15) is 31.4 Å². The predicted octanol–water partition coefficient (Wildman–Crippen LogP) is 3.75. The second kappa shape index (κ2) is 10.3. The molecule has 0 bridgehead atoms. The zero-order valence-electron chi connectivity index (χ0n) is 18.5. The van der Waals surface area contributed by atoms with Crippen molar-refractivity contribution in [3.8, 4) is 0 Å². The van der Waals surface area contributed by atoms with Crippen LogP contribution >= 0.6 is 9.24 Å². The molecule has 2 N–H and O–H groups in total. The molecule has 0 aliphatic carbocycles. The highest BCUT2D eigenvalue weighted by molar-refractivity contribution is 7.27. The molecule has 4 rings (SSSR count). The number of aromatic nitrogens is 3. The van der Waals surface area contributed by atoms with E-state index in [0.29, 0.717) is 24.5 Å². The molecule has 1 saturated heterocycles. The fourth-order valence-corrected chi connectivity index (χ4v) is 4.11. The fraction of sp³-hybridized carbons (Fsp3) is 0.364. The van der Waals surface area contributed by atoms with Crippen LogP contribution in [0.2, 0.25) is 0 Å². The number of alkyl halides is 6. The van der Waals surface area contributed by atoms with Gasteiger partial charge in [0.15, 0.2) is 6.29 Å². The summed E-state index contributed by atoms with van der Waals surface area (Å²) in [6, 6.07) is 8.00. The Kier molecular flexibility index (Phi) is 7.56. The van der Waals surface area contributed by atoms with Crippen LogP contribution in [0.15, 0.2) is 47.3 Å². The number of morpholine rings is 1. The number of hydrogen-bond donors (Lipinski definition) is 2. The van der Waals surface area contributed by atoms with Gasteiger partial charge in [0.1, 0.15) is 5.82 Å². The van der Waals surface area contributed by atoms with Gasteiger partial charge in [-0.1, -0.05) is 24.3 Å². The van der Waals surface area contributed by atoms with Gasteiger partial charge in [0, 0.05) is 6.54 Å². The summed E-state index contributed by atoms with van der Waals surface area (Å²) in [4.78, 5) is 15.9. The van der Waals surface area contributed by atoms with E-state index < -0.39 is 48.1 Å². The van der Waals surface area contributed by atoms with Crippen molar-refractivity contribution in [1.82, 2.24) is 20.1 Å². The molecular weight excluding hydrogens is 513 g/mol. The van der Waals surface area contributed by atoms with Crippen LogP contribution < -0.4 is 11.0 Å². The van der Waals surface area contributed by atoms with Crippen LogP contribution in [0.3, 0.4) is 0 Å². The van der Waals surface area contributed by atoms with Crippen LogP contribution in [-0.2, 0) is 35.0 Å². The van der Waals surface area contributed by atoms with E-state index in [2.05, 4.69) is 24.4 Å². The molecule has 0 spiro atoms. The molecule has 7 nitrogen and oxygen atoms in total. The van der Waals surface area contributed by atoms with E-state index in [-0.39, 0.29) is 24.8 Å². The summed E-state index contributed by atoms with van der Waals surface area (Å²) in [5, 5.41) is 7.08. The minimum absolute atomic E-state index is 0.0696. The quantitative estimate of drug-likeness (QED) is 0.372. The number of nitrogens with one attached hydrogen (secondary N) is 2. The van der Waals surface area contributed by atoms with Crippen molar-refractivity contribution < 1.29 is 35.8 Å². The van der Waals surface area contributed by atoms with Crippen molar-refractivity contribution in [3.63, 3.8) is 0 Å². The summed E-state index contributed by atoms with van der Waals surface area (Å²) in [5.41, 5.74) is -2.88. The van der Waals surface area contributed by atoms with Crippen molar-refractivity contribution >= 4 is 14.5 Å². The number of benzene rings is 2. The number of rotatable bonds is 6. The Bertz CT molecular complexity index is 1210. The molecule has 0 radical (unpaired) electrons. The molecule has 14 heteroatoms. The van der Waals surface area contributed by atoms with E-state index in [9.17, 15) is 31.1 Å². The summed E-state index contributed by atoms with van der Waals surface area (Å²) in [6.45, 7) is 0.220. The lowest BCUT2D eigenvalue weighted by Gasteiger charge is -2.40. The molecule has 1 aromatic heterocycles. The van der Waals surface area contributed by atoms with Gasteiger partial charge in [0.05, 0.1) is 36.9 Å². The maximum atomic E-state index is 13.2. The van der Waals surface area contributed by atoms with Gasteiger partial charge in [0.25, 0.3) is 0 Å². The third-order valence-electron chi connectivity index (χ3n) is 5.55. The van der Waals surface area contributed by atoms with Crippen molar-refractivity contribution in [2.75, 3.05) is 13.2 Å². The maximum absolute atomic E-state index is 13.2. The van der Waals surface area contributed by atoms with E-state index in [0.717, 1.165) is 10.9 Å². The van der Waals surface area contributed by atoms with E-state index in [1.165, 1.54) is 0 Å². The molecule has 1 fully saturated rings. The second-order valence-electron chi connectivity index (χ2n) is 8.17. The smallest absolute Gasteiger partial charge is 0.349 e. The highest BCUT2D eigenvalue weighted by atomic mass is 31.0. The Labute approximate surface area is 203 Å². The van der Waals surface area contributed by atoms with E-state index in [1.54, 1.807) is 0 Å². The van der Waals surface area contributed by atoms with Gasteiger partial charge in [-0.05, 0) is 34.6 Å². The lowest BCUT2D eigenvalue weighted by atomic mass is 10.0. The molecule has 1 unspecified atom stereocenters. The Morgan fingerprint density at radius 3 is 2.25 bits per heavy atom. The Hall–Kier alpha value is -2.73. The number of H-pyrrole nitrogens is 2. The van der Waals surface area contributed by atoms with Crippen LogP contribution in [0.1, 0.15) is 34.1 Å². The summed E-state index contributed by atoms with van der Waals surface area (Å²) in [7, 11) is 2.54. The van der Waals surface area contributed by atoms with Gasteiger partial charge < -0.3 is 9.47 Å². The number of hydrogen-bond acceptors (Lipinski definition) is 5. The van der Waals surface area contributed by atoms with Crippen LogP contribution in [0.5, 0.6) is 0 Å². The Morgan fingerprint density at radius 2 is 1.69 bits per heavy atom. The highest BCUT2D eigenvalue weighted by Gasteiger charge is 2.38. The monoisotopic (exact) mass is 534 g/mol. The zero-order chi connectivity index (χ0) is 26.1. The molecule has 1 aliphatic rings. The minimum Gasteiger partial charge on any atom is -0.349 e. The number of halogens is 6. The topological polar surface area (TPSA) is 83.2 Å². The van der Waals surface area contributed by atoms with Crippen LogP contribution in [0.25, 0.3) is 0 Å². The first-order valence-electron chi connectivity index (χ1n) is 10.6. The molecule has 2 heterocycles. The predicted molar refractivity (Wildman–Crippen MR) is 119 cm³/mol. The van der Waals surface area contributed by atoms with Crippen LogP contribution in [0.4, 0.5) is 26.3 Å². The normalized spacial score (nSPS) is 19.5. The molecule has 36 heavy (non-hydrogen) atoms. The number of nitrogens with zero attached hydrogens (tertiary/aromatic N) is 2. The Morgan fingerprint density at radius 1 is 1.06 bits per heavy atom. The number of ether oxygens (including phenoxy) is 2. The van der Waals surface area contributed by atoms with Crippen molar-refractivity contribution in [2.45, 2.75) is 37.8 Å². The van der Waals surface area contributed by atoms with Crippen molar-refractivity contribution in [3.05, 3.63) is 81.0 Å². The molecule has 1 aliphatic heterocycles. The largest absolute Gasteiger partial charge is 0.416 e. The molecule has 2 aromatic carbocycles. The SMILES string of the molecule is O=c1[nH]nc(CN2CCO[C@H](OCc3cc(C(F)(F)F)cc(C(F)(F)F)c3)[C@@H]2c2ccc(P)cc2)[nH]1. The Balaban J connectivity index is 1.61. The fourth-order valence-electron chi connectivity index (χ4n) is 3.92. The van der Waals surface area contributed by atoms with Crippen LogP contribution in [0, 0.1) is 0 Å². The van der Waals surface area contributed by atoms with Gasteiger partial charge in [-0.25, -0.2) is 9.89 Å². The summed E-state index contributed by atoms with van der Waals surface area (Å²) in [6.07, 6.45) is -10.9. The summed E-state index contributed by atoms with van der Waals surface area (Å²) in [5.74, 6) is 0.348. The molecule has 0 saturated carbocycles. The van der Waals surface area contributed by atoms with E-state index in [1.807, 2.05) is 29.2 Å². The van der Waals surface area contributed by atoms with Gasteiger partial charge in [-0.15, -0.1) is 9.24 Å². The summed E-state index contributed by atoms with van der Waals surface area (Å²) >= 11 is 0. The first kappa shape index (κ1) is 26.3. The molecule has 3 aromatic rings. The van der Waals surface area contributed by atoms with Gasteiger partial charge >= 0.3 is 18.0 Å². The molecule has 3 atom stereocenters. The minimum atomic E-state index is -4.96. The second-order valence-corrected chi connectivity index (χ2v) is 8.84. The third-order valence-corrected chi connectivity index (χ3v) is 5.94. The van der Waals surface area contributed by atoms with Crippen molar-refractivity contribution in [1.29, 1.82) is 0 Å². The first-order valence-corrected chi connectivity index (χ1v) is 11.2. The maximum Gasteiger partial charge on any atom is 0.416 e. The number of aromatic amines is 2. The van der Waals surface area contributed by atoms with E-state index >= 15 is 0 Å².